The van der Waals surface area contributed by atoms with E-state index in [-0.39, 0.29) is 6.08 Å². The van der Waals surface area contributed by atoms with Gasteiger partial charge < -0.3 is 14.6 Å². The first-order valence-electron chi connectivity index (χ1n) is 12.4. The molecule has 0 saturated carbocycles. The second-order valence-electron chi connectivity index (χ2n) is 3.12. The molecule has 0 aliphatic carbocycles. The molecule has 1 atom stereocenters. The molecule has 0 aromatic heterocycles. The highest BCUT2D eigenvalue weighted by Crippen LogP contribution is 2.33. The summed E-state index contributed by atoms with van der Waals surface area (Å²) in [6.45, 7) is -14.8. The third-order valence-corrected chi connectivity index (χ3v) is 1.77. The molecule has 1 aromatic carbocycles. The number of fused-ring (bicyclic) bond motifs is 1. The zero-order chi connectivity index (χ0) is 26.2. The first kappa shape index (κ1) is 3.09. The Morgan fingerprint density at radius 1 is 1.59 bits per heavy atom. The predicted octanol–water partition coefficient (Wildman–Crippen LogP) is 2.84. The first-order valence-corrected chi connectivity index (χ1v) is 4.37. The summed E-state index contributed by atoms with van der Waals surface area (Å²) in [5, 5.41) is 10.7. The van der Waals surface area contributed by atoms with Crippen molar-refractivity contribution in [3.05, 3.63) is 29.8 Å². The number of hydrogen-bond donors (Lipinski definition) is 1. The zero-order valence-electron chi connectivity index (χ0n) is 24.3. The monoisotopic (exact) mass is 250 g/mol. The van der Waals surface area contributed by atoms with Crippen LogP contribution in [0.5, 0.6) is 11.5 Å². The van der Waals surface area contributed by atoms with Crippen molar-refractivity contribution in [1.29, 1.82) is 0 Å². The van der Waals surface area contributed by atoms with E-state index in [1.807, 2.05) is 0 Å². The summed E-state index contributed by atoms with van der Waals surface area (Å²) in [6, 6.07) is -3.99. The third kappa shape index (κ3) is 2.80. The maximum Gasteiger partial charge on any atom is 0.231 e. The number of benzene rings is 1. The van der Waals surface area contributed by atoms with Gasteiger partial charge in [-0.3, -0.25) is 0 Å². The van der Waals surface area contributed by atoms with E-state index in [1.165, 1.54) is 0 Å². The second-order valence-corrected chi connectivity index (χ2v) is 3.12. The largest absolute Gasteiger partial charge is 0.454 e. The smallest absolute Gasteiger partial charge is 0.231 e. The van der Waals surface area contributed by atoms with Crippen LogP contribution in [0.2, 0.25) is 0 Å². The normalized spacial score (nSPS) is 37.8. The maximum atomic E-state index is 10.7. The minimum absolute atomic E-state index is 0.0557. The Morgan fingerprint density at radius 2 is 2.35 bits per heavy atom. The molecule has 92 valence electrons. The van der Waals surface area contributed by atoms with Crippen molar-refractivity contribution >= 4 is 6.05 Å². The summed E-state index contributed by atoms with van der Waals surface area (Å²) in [7, 11) is 0. The Hall–Kier alpha value is -1.48. The highest BCUT2D eigenvalue weighted by Gasteiger charge is 2.19. The summed E-state index contributed by atoms with van der Waals surface area (Å²) in [5.74, 6) is -1.36. The van der Waals surface area contributed by atoms with Gasteiger partial charge in [0, 0.05) is 12.3 Å². The molecule has 17 heavy (non-hydrogen) atoms. The number of ether oxygens (including phenoxy) is 2. The van der Waals surface area contributed by atoms with E-state index in [1.54, 1.807) is 0 Å². The molecule has 3 heteroatoms. The van der Waals surface area contributed by atoms with Gasteiger partial charge in [0.1, 0.15) is 2.74 Å². The van der Waals surface area contributed by atoms with Crippen molar-refractivity contribution < 1.29 is 36.5 Å². The first-order chi connectivity index (χ1) is 14.4. The molecular weight excluding hydrogens is 216 g/mol. The Kier molecular flexibility index (Phi) is 0.803. The van der Waals surface area contributed by atoms with E-state index in [4.69, 9.17) is 31.4 Å². The average molecular weight is 250 g/mol. The van der Waals surface area contributed by atoms with Gasteiger partial charge >= 0.3 is 0 Å². The Morgan fingerprint density at radius 3 is 3.12 bits per heavy atom. The molecule has 1 aliphatic heterocycles. The molecule has 0 fully saturated rings. The Bertz CT molecular complexity index is 948. The topological polar surface area (TPSA) is 38.7 Å². The van der Waals surface area contributed by atoms with E-state index in [9.17, 15) is 5.11 Å². The number of hydrogen-bond acceptors (Lipinski definition) is 3. The summed E-state index contributed by atoms with van der Waals surface area (Å²) in [5.41, 5.74) is -5.00. The van der Waals surface area contributed by atoms with E-state index in [0.29, 0.717) is 0 Å². The lowest BCUT2D eigenvalue weighted by Gasteiger charge is -2.22. The van der Waals surface area contributed by atoms with E-state index in [2.05, 4.69) is 0 Å². The molecule has 1 aliphatic rings. The molecule has 1 heterocycles. The average Bonchev–Trinajstić information content (AvgIpc) is 2.84. The fraction of sp³-hybridized carbons (Fsp3) is 0.429. The molecule has 0 amide bonds. The number of rotatable bonds is 2. The van der Waals surface area contributed by atoms with Gasteiger partial charge in [0.25, 0.3) is 0 Å². The van der Waals surface area contributed by atoms with Crippen molar-refractivity contribution in [3.8, 4) is 11.5 Å². The second kappa shape index (κ2) is 4.41. The van der Waals surface area contributed by atoms with Crippen LogP contribution < -0.4 is 9.47 Å². The van der Waals surface area contributed by atoms with Gasteiger partial charge in [-0.1, -0.05) is 38.7 Å². The van der Waals surface area contributed by atoms with Crippen LogP contribution >= 0.6 is 0 Å². The highest BCUT2D eigenvalue weighted by atomic mass is 16.7. The van der Waals surface area contributed by atoms with Crippen LogP contribution in [0.4, 0.5) is 0 Å². The molecule has 1 N–H and O–H groups in total. The third-order valence-electron chi connectivity index (χ3n) is 1.77. The molecule has 2 rings (SSSR count). The molecule has 0 radical (unpaired) electrons. The quantitative estimate of drug-likeness (QED) is 0.877. The van der Waals surface area contributed by atoms with Crippen LogP contribution in [0.25, 0.3) is 6.05 Å². The van der Waals surface area contributed by atoms with Crippen LogP contribution in [0.3, 0.4) is 0 Å². The Balaban J connectivity index is 2.86. The van der Waals surface area contributed by atoms with Gasteiger partial charge in [0.15, 0.2) is 11.5 Å². The molecule has 1 aromatic rings. The SMILES string of the molecule is [2H]/C(=C\C([2H])(O)C(C([2H])([2H])[2H])(C([2H])([2H])[2H])C([2H])([2H])[2H])c1c([2H])c([2H])c2c(c1[2H])OC([2H])([2H])O2. The molecule has 0 bridgehead atoms. The molecule has 0 saturated heterocycles. The molecular formula is C14H18O3. The fourth-order valence-electron chi connectivity index (χ4n) is 0.946. The molecule has 0 spiro atoms. The zero-order valence-corrected chi connectivity index (χ0v) is 8.34. The summed E-state index contributed by atoms with van der Waals surface area (Å²) in [6.07, 6.45) is -4.06. The summed E-state index contributed by atoms with van der Waals surface area (Å²) in [4.78, 5) is 0. The summed E-state index contributed by atoms with van der Waals surface area (Å²) >= 11 is 0. The van der Waals surface area contributed by atoms with Crippen LogP contribution in [0.15, 0.2) is 24.2 Å². The standard InChI is InChI=1S/C14H18O3/c1-14(2,3)13(15)7-5-10-4-6-11-12(8-10)17-9-16-11/h4-8,13,15H,9H2,1-3H3/b7-5+/i1D3,2D3,3D3,4D,5D,6D,8D,9D2,13D. The highest BCUT2D eigenvalue weighted by molar-refractivity contribution is 5.56. The lowest BCUT2D eigenvalue weighted by Crippen LogP contribution is -2.23. The van der Waals surface area contributed by atoms with Gasteiger partial charge in [0.2, 0.25) is 6.75 Å². The van der Waals surface area contributed by atoms with E-state index >= 15 is 0 Å². The summed E-state index contributed by atoms with van der Waals surface area (Å²) < 4.78 is 133. The molecule has 1 unspecified atom stereocenters. The van der Waals surface area contributed by atoms with Crippen molar-refractivity contribution in [1.82, 2.24) is 0 Å². The lowest BCUT2D eigenvalue weighted by atomic mass is 9.89. The van der Waals surface area contributed by atoms with Crippen LogP contribution in [0.1, 0.15) is 48.1 Å². The lowest BCUT2D eigenvalue weighted by molar-refractivity contribution is 0.106. The Labute approximate surface area is 124 Å². The fourth-order valence-corrected chi connectivity index (χ4v) is 0.946. The van der Waals surface area contributed by atoms with Gasteiger partial charge in [-0.2, -0.15) is 0 Å². The van der Waals surface area contributed by atoms with E-state index < -0.39 is 80.0 Å². The minimum atomic E-state index is -4.12. The van der Waals surface area contributed by atoms with Crippen LogP contribution in [-0.2, 0) is 0 Å². The van der Waals surface area contributed by atoms with Gasteiger partial charge in [-0.25, -0.2) is 0 Å². The maximum absolute atomic E-state index is 10.7. The molecule has 3 nitrogen and oxygen atoms in total. The van der Waals surface area contributed by atoms with Gasteiger partial charge in [-0.05, 0) is 23.1 Å². The van der Waals surface area contributed by atoms with Gasteiger partial charge in [0.05, 0.1) is 12.9 Å². The minimum Gasteiger partial charge on any atom is -0.454 e. The van der Waals surface area contributed by atoms with Crippen molar-refractivity contribution in [2.75, 3.05) is 6.75 Å². The van der Waals surface area contributed by atoms with Crippen LogP contribution in [0, 0.1) is 5.41 Å². The van der Waals surface area contributed by atoms with Crippen molar-refractivity contribution in [3.63, 3.8) is 0 Å². The van der Waals surface area contributed by atoms with Gasteiger partial charge in [-0.15, -0.1) is 0 Å². The number of aliphatic hydroxyl groups is 1. The van der Waals surface area contributed by atoms with Crippen molar-refractivity contribution in [2.24, 2.45) is 5.41 Å². The van der Waals surface area contributed by atoms with Crippen molar-refractivity contribution in [2.45, 2.75) is 26.6 Å². The van der Waals surface area contributed by atoms with Crippen LogP contribution in [-0.4, -0.2) is 17.9 Å². The van der Waals surface area contributed by atoms with E-state index in [0.717, 1.165) is 0 Å². The predicted molar refractivity (Wildman–Crippen MR) is 67.1 cm³/mol.